The highest BCUT2D eigenvalue weighted by atomic mass is 35.5. The van der Waals surface area contributed by atoms with Crippen molar-refractivity contribution in [3.8, 4) is 0 Å². The lowest BCUT2D eigenvalue weighted by Crippen LogP contribution is -2.32. The van der Waals surface area contributed by atoms with E-state index in [1.807, 2.05) is 23.0 Å². The topological polar surface area (TPSA) is 23.4 Å². The molecule has 1 aliphatic carbocycles. The molecule has 0 radical (unpaired) electrons. The first kappa shape index (κ1) is 18.5. The van der Waals surface area contributed by atoms with Gasteiger partial charge in [0.2, 0.25) is 0 Å². The zero-order valence-corrected chi connectivity index (χ0v) is 15.9. The van der Waals surface area contributed by atoms with Crippen molar-refractivity contribution in [3.63, 3.8) is 0 Å². The molecule has 0 saturated heterocycles. The van der Waals surface area contributed by atoms with Crippen LogP contribution in [0, 0.1) is 0 Å². The Balaban J connectivity index is 2.01. The molecule has 23 heavy (non-hydrogen) atoms. The summed E-state index contributed by atoms with van der Waals surface area (Å²) in [6.45, 7) is 8.17. The molecule has 1 aliphatic rings. The van der Waals surface area contributed by atoms with E-state index in [1.54, 1.807) is 12.2 Å². The first-order valence-corrected chi connectivity index (χ1v) is 11.9. The second-order valence-corrected chi connectivity index (χ2v) is 13.3. The molecule has 0 fully saturated rings. The summed E-state index contributed by atoms with van der Waals surface area (Å²) in [5.41, 5.74) is 0.772. The quantitative estimate of drug-likeness (QED) is 0.394. The smallest absolute Gasteiger partial charge is 0.173 e. The lowest BCUT2D eigenvalue weighted by Gasteiger charge is -2.32. The van der Waals surface area contributed by atoms with Gasteiger partial charge in [0.15, 0.2) is 5.06 Å². The monoisotopic (exact) mass is 357 g/mol. The lowest BCUT2D eigenvalue weighted by molar-refractivity contribution is 0.0799. The Morgan fingerprint density at radius 3 is 2.78 bits per heavy atom. The van der Waals surface area contributed by atoms with Crippen LogP contribution in [0.3, 0.4) is 0 Å². The van der Waals surface area contributed by atoms with Gasteiger partial charge < -0.3 is 14.0 Å². The summed E-state index contributed by atoms with van der Waals surface area (Å²) in [5, 5.41) is -1.19. The van der Waals surface area contributed by atoms with Gasteiger partial charge in [-0.2, -0.15) is 0 Å². The number of hydrogen-bond donors (Lipinski definition) is 0. The molecule has 2 rings (SSSR count). The molecule has 0 aromatic carbocycles. The predicted molar refractivity (Wildman–Crippen MR) is 95.2 cm³/mol. The minimum atomic E-state index is -1.19. The zero-order valence-electron chi connectivity index (χ0n) is 14.2. The fourth-order valence-corrected chi connectivity index (χ4v) is 3.54. The van der Waals surface area contributed by atoms with Crippen LogP contribution in [0.2, 0.25) is 25.7 Å². The molecule has 2 unspecified atom stereocenters. The van der Waals surface area contributed by atoms with Crippen LogP contribution < -0.4 is 0 Å². The Morgan fingerprint density at radius 2 is 2.13 bits per heavy atom. The number of methoxy groups -OCH3 is 1. The van der Waals surface area contributed by atoms with Gasteiger partial charge in [0, 0.05) is 34.2 Å². The van der Waals surface area contributed by atoms with Gasteiger partial charge in [0.1, 0.15) is 12.6 Å². The van der Waals surface area contributed by atoms with Crippen molar-refractivity contribution in [2.24, 2.45) is 0 Å². The van der Waals surface area contributed by atoms with Crippen LogP contribution in [0.5, 0.6) is 0 Å². The van der Waals surface area contributed by atoms with Crippen molar-refractivity contribution in [3.05, 3.63) is 48.1 Å². The Hall–Kier alpha value is -0.883. The number of aromatic nitrogens is 1. The van der Waals surface area contributed by atoms with Crippen molar-refractivity contribution in [1.29, 1.82) is 0 Å². The van der Waals surface area contributed by atoms with Gasteiger partial charge in [-0.1, -0.05) is 37.3 Å². The summed E-state index contributed by atoms with van der Waals surface area (Å²) in [5.74, 6) is -0.954. The Kier molecular flexibility index (Phi) is 5.89. The first-order chi connectivity index (χ1) is 10.7. The second kappa shape index (κ2) is 7.34. The molecule has 0 aliphatic heterocycles. The molecule has 0 N–H and O–H groups in total. The van der Waals surface area contributed by atoms with Crippen molar-refractivity contribution in [2.45, 2.75) is 43.4 Å². The maximum Gasteiger partial charge on any atom is 0.173 e. The Bertz CT molecular complexity index is 594. The maximum absolute atomic E-state index is 14.3. The maximum atomic E-state index is 14.3. The third kappa shape index (κ3) is 4.80. The zero-order chi connectivity index (χ0) is 17.1. The van der Waals surface area contributed by atoms with E-state index in [2.05, 4.69) is 19.6 Å². The van der Waals surface area contributed by atoms with Crippen LogP contribution in [0.25, 0.3) is 0 Å². The van der Waals surface area contributed by atoms with Gasteiger partial charge in [-0.05, 0) is 29.8 Å². The summed E-state index contributed by atoms with van der Waals surface area (Å²) < 4.78 is 27.2. The van der Waals surface area contributed by atoms with E-state index in [0.717, 1.165) is 18.2 Å². The highest BCUT2D eigenvalue weighted by Gasteiger charge is 2.41. The number of halogens is 2. The molecule has 128 valence electrons. The standard InChI is InChI=1S/C17H25ClFNO2Si/c1-21-17(18)8-5-6-15(19)16(17)14-7-9-20(12-14)13-22-10-11-23(2,3)4/h5-9,12,16H,10-11,13H2,1-4H3. The van der Waals surface area contributed by atoms with Crippen LogP contribution in [-0.2, 0) is 16.2 Å². The van der Waals surface area contributed by atoms with E-state index in [1.165, 1.54) is 13.2 Å². The molecule has 0 spiro atoms. The third-order valence-electron chi connectivity index (χ3n) is 3.90. The molecule has 0 amide bonds. The van der Waals surface area contributed by atoms with Gasteiger partial charge in [-0.15, -0.1) is 0 Å². The summed E-state index contributed by atoms with van der Waals surface area (Å²) in [6.07, 6.45) is 8.42. The van der Waals surface area contributed by atoms with E-state index in [9.17, 15) is 4.39 Å². The molecule has 1 heterocycles. The fraction of sp³-hybridized carbons (Fsp3) is 0.529. The summed E-state index contributed by atoms with van der Waals surface area (Å²) >= 11 is 6.42. The molecule has 3 nitrogen and oxygen atoms in total. The summed E-state index contributed by atoms with van der Waals surface area (Å²) in [4.78, 5) is 0. The number of rotatable bonds is 7. The van der Waals surface area contributed by atoms with E-state index < -0.39 is 19.1 Å². The molecule has 0 saturated carbocycles. The van der Waals surface area contributed by atoms with Gasteiger partial charge in [0.05, 0.1) is 5.92 Å². The molecule has 1 aromatic heterocycles. The molecule has 0 bridgehead atoms. The number of nitrogens with zero attached hydrogens (tertiary/aromatic N) is 1. The minimum Gasteiger partial charge on any atom is -0.361 e. The molecular formula is C17H25ClFNO2Si. The second-order valence-electron chi connectivity index (χ2n) is 7.05. The average molecular weight is 358 g/mol. The lowest BCUT2D eigenvalue weighted by atomic mass is 9.90. The highest BCUT2D eigenvalue weighted by Crippen LogP contribution is 2.44. The molecule has 1 aromatic rings. The number of allylic oxidation sites excluding steroid dienone is 2. The van der Waals surface area contributed by atoms with Crippen molar-refractivity contribution in [1.82, 2.24) is 4.57 Å². The largest absolute Gasteiger partial charge is 0.361 e. The highest BCUT2D eigenvalue weighted by molar-refractivity contribution is 6.76. The van der Waals surface area contributed by atoms with Crippen molar-refractivity contribution >= 4 is 19.7 Å². The fourth-order valence-electron chi connectivity index (χ4n) is 2.48. The number of ether oxygens (including phenoxy) is 2. The van der Waals surface area contributed by atoms with E-state index in [4.69, 9.17) is 21.1 Å². The van der Waals surface area contributed by atoms with Crippen LogP contribution >= 0.6 is 11.6 Å². The van der Waals surface area contributed by atoms with Crippen LogP contribution in [0.1, 0.15) is 11.5 Å². The van der Waals surface area contributed by atoms with Crippen LogP contribution in [0.15, 0.2) is 42.5 Å². The van der Waals surface area contributed by atoms with Gasteiger partial charge >= 0.3 is 0 Å². The van der Waals surface area contributed by atoms with Crippen LogP contribution in [-0.4, -0.2) is 31.4 Å². The summed E-state index contributed by atoms with van der Waals surface area (Å²) in [6, 6.07) is 2.98. The Labute approximate surface area is 143 Å². The van der Waals surface area contributed by atoms with E-state index in [-0.39, 0.29) is 5.83 Å². The van der Waals surface area contributed by atoms with Gasteiger partial charge in [0.25, 0.3) is 0 Å². The Morgan fingerprint density at radius 1 is 1.39 bits per heavy atom. The molecular weight excluding hydrogens is 333 g/mol. The van der Waals surface area contributed by atoms with Gasteiger partial charge in [-0.25, -0.2) is 4.39 Å². The molecule has 6 heteroatoms. The van der Waals surface area contributed by atoms with Crippen molar-refractivity contribution < 1.29 is 13.9 Å². The first-order valence-electron chi connectivity index (χ1n) is 7.77. The third-order valence-corrected chi connectivity index (χ3v) is 6.11. The summed E-state index contributed by atoms with van der Waals surface area (Å²) in [7, 11) is 0.403. The molecule has 2 atom stereocenters. The number of alkyl halides is 1. The minimum absolute atomic E-state index is 0.304. The number of hydrogen-bond acceptors (Lipinski definition) is 2. The predicted octanol–water partition coefficient (Wildman–Crippen LogP) is 4.89. The SMILES string of the molecule is COC1(Cl)C=CC=C(F)C1c1ccn(COCC[Si](C)(C)C)c1. The van der Waals surface area contributed by atoms with E-state index in [0.29, 0.717) is 6.73 Å². The average Bonchev–Trinajstić information content (AvgIpc) is 2.91. The van der Waals surface area contributed by atoms with E-state index >= 15 is 0 Å². The van der Waals surface area contributed by atoms with Crippen LogP contribution in [0.4, 0.5) is 4.39 Å². The van der Waals surface area contributed by atoms with Gasteiger partial charge in [-0.3, -0.25) is 0 Å². The normalized spacial score (nSPS) is 24.8. The van der Waals surface area contributed by atoms with Crippen molar-refractivity contribution in [2.75, 3.05) is 13.7 Å².